The second kappa shape index (κ2) is 10.1. The zero-order valence-electron chi connectivity index (χ0n) is 18.6. The van der Waals surface area contributed by atoms with Gasteiger partial charge in [0.25, 0.3) is 17.7 Å². The van der Waals surface area contributed by atoms with Crippen LogP contribution in [-0.2, 0) is 14.3 Å². The lowest BCUT2D eigenvalue weighted by Crippen LogP contribution is -2.49. The number of benzene rings is 2. The van der Waals surface area contributed by atoms with Crippen LogP contribution in [0.2, 0.25) is 20.1 Å². The minimum Gasteiger partial charge on any atom is -0.454 e. The average Bonchev–Trinajstić information content (AvgIpc) is 3.03. The zero-order chi connectivity index (χ0) is 25.5. The molecule has 2 aromatic carbocycles. The maximum atomic E-state index is 13.1. The topological polar surface area (TPSA) is 92.8 Å². The van der Waals surface area contributed by atoms with E-state index in [0.29, 0.717) is 10.6 Å². The van der Waals surface area contributed by atoms with Gasteiger partial charge in [-0.3, -0.25) is 19.3 Å². The maximum absolute atomic E-state index is 13.1. The predicted octanol–water partition coefficient (Wildman–Crippen LogP) is 5.72. The van der Waals surface area contributed by atoms with Crippen molar-refractivity contribution in [3.8, 4) is 0 Å². The molecule has 1 aliphatic heterocycles. The van der Waals surface area contributed by atoms with Crippen LogP contribution in [0, 0.1) is 19.8 Å². The number of aryl methyl sites for hydroxylation is 1. The normalized spacial score (nSPS) is 13.9. The van der Waals surface area contributed by atoms with Crippen molar-refractivity contribution < 1.29 is 23.9 Å². The fraction of sp³-hybridized carbons (Fsp3) is 0.304. The van der Waals surface area contributed by atoms with Crippen LogP contribution in [0.25, 0.3) is 0 Å². The van der Waals surface area contributed by atoms with E-state index in [9.17, 15) is 19.2 Å². The van der Waals surface area contributed by atoms with Crippen molar-refractivity contribution >= 4 is 75.8 Å². The van der Waals surface area contributed by atoms with Gasteiger partial charge in [-0.25, -0.2) is 4.79 Å². The molecule has 0 saturated heterocycles. The van der Waals surface area contributed by atoms with E-state index in [2.05, 4.69) is 5.32 Å². The van der Waals surface area contributed by atoms with Crippen molar-refractivity contribution in [1.29, 1.82) is 0 Å². The number of nitrogens with zero attached hydrogens (tertiary/aromatic N) is 1. The number of fused-ring (bicyclic) bond motifs is 1. The summed E-state index contributed by atoms with van der Waals surface area (Å²) in [5.41, 5.74) is 1.96. The van der Waals surface area contributed by atoms with E-state index >= 15 is 0 Å². The summed E-state index contributed by atoms with van der Waals surface area (Å²) in [5, 5.41) is 1.84. The summed E-state index contributed by atoms with van der Waals surface area (Å²) in [6.45, 7) is 6.38. The van der Waals surface area contributed by atoms with Gasteiger partial charge in [-0.1, -0.05) is 72.4 Å². The molecule has 0 aliphatic carbocycles. The summed E-state index contributed by atoms with van der Waals surface area (Å²) in [6.07, 6.45) is 0. The molecule has 3 amide bonds. The smallest absolute Gasteiger partial charge is 0.330 e. The van der Waals surface area contributed by atoms with Crippen LogP contribution in [-0.4, -0.2) is 41.2 Å². The van der Waals surface area contributed by atoms with E-state index in [-0.39, 0.29) is 31.2 Å². The molecule has 0 radical (unpaired) electrons. The van der Waals surface area contributed by atoms with Crippen LogP contribution in [0.1, 0.15) is 45.7 Å². The first-order valence-corrected chi connectivity index (χ1v) is 11.7. The maximum Gasteiger partial charge on any atom is 0.330 e. The highest BCUT2D eigenvalue weighted by Crippen LogP contribution is 2.45. The highest BCUT2D eigenvalue weighted by atomic mass is 35.5. The van der Waals surface area contributed by atoms with Crippen molar-refractivity contribution in [2.24, 2.45) is 5.92 Å². The van der Waals surface area contributed by atoms with Crippen LogP contribution in [0.4, 0.5) is 5.69 Å². The Balaban J connectivity index is 1.81. The van der Waals surface area contributed by atoms with Gasteiger partial charge in [0.1, 0.15) is 6.04 Å². The van der Waals surface area contributed by atoms with Crippen molar-refractivity contribution in [1.82, 2.24) is 4.90 Å². The van der Waals surface area contributed by atoms with Crippen molar-refractivity contribution in [2.75, 3.05) is 11.9 Å². The minimum absolute atomic E-state index is 0.179. The van der Waals surface area contributed by atoms with Crippen molar-refractivity contribution in [2.45, 2.75) is 33.7 Å². The summed E-state index contributed by atoms with van der Waals surface area (Å²) in [4.78, 5) is 52.2. The first-order valence-electron chi connectivity index (χ1n) is 10.1. The Hall–Kier alpha value is -2.32. The van der Waals surface area contributed by atoms with E-state index in [4.69, 9.17) is 51.1 Å². The lowest BCUT2D eigenvalue weighted by atomic mass is 10.0. The Morgan fingerprint density at radius 3 is 1.97 bits per heavy atom. The third-order valence-corrected chi connectivity index (χ3v) is 7.31. The number of imide groups is 1. The minimum atomic E-state index is -1.34. The summed E-state index contributed by atoms with van der Waals surface area (Å²) in [7, 11) is 0. The van der Waals surface area contributed by atoms with Gasteiger partial charge in [-0.15, -0.1) is 0 Å². The summed E-state index contributed by atoms with van der Waals surface area (Å²) in [6, 6.07) is 4.07. The highest BCUT2D eigenvalue weighted by molar-refractivity contribution is 6.55. The van der Waals surface area contributed by atoms with Crippen LogP contribution >= 0.6 is 46.4 Å². The number of carbonyl (C=O) groups excluding carboxylic acids is 4. The molecule has 180 valence electrons. The molecular weight excluding hydrogens is 526 g/mol. The molecule has 34 heavy (non-hydrogen) atoms. The standard InChI is InChI=1S/C23H20Cl4N2O5/c1-9(2)20(23(33)34-8-13(30)28-12-7-5-6-10(3)11(12)4)29-21(31)14-15(22(29)32)17(25)19(27)18(26)16(14)24/h5-7,9,20H,8H2,1-4H3,(H,28,30)/t20-/m0/s1. The van der Waals surface area contributed by atoms with Gasteiger partial charge in [0.15, 0.2) is 6.61 Å². The molecule has 0 saturated carbocycles. The molecule has 0 spiro atoms. The molecule has 0 aromatic heterocycles. The van der Waals surface area contributed by atoms with E-state index in [1.807, 2.05) is 19.9 Å². The number of anilines is 1. The lowest BCUT2D eigenvalue weighted by molar-refractivity contribution is -0.152. The summed E-state index contributed by atoms with van der Waals surface area (Å²) >= 11 is 24.4. The second-order valence-corrected chi connectivity index (χ2v) is 9.59. The average molecular weight is 546 g/mol. The summed E-state index contributed by atoms with van der Waals surface area (Å²) in [5.74, 6) is -3.79. The molecule has 7 nitrogen and oxygen atoms in total. The van der Waals surface area contributed by atoms with E-state index in [1.165, 1.54) is 0 Å². The fourth-order valence-corrected chi connectivity index (χ4v) is 4.60. The Kier molecular flexibility index (Phi) is 7.82. The molecular formula is C23H20Cl4N2O5. The van der Waals surface area contributed by atoms with Crippen LogP contribution in [0.15, 0.2) is 18.2 Å². The second-order valence-electron chi connectivity index (χ2n) is 8.08. The number of esters is 1. The monoisotopic (exact) mass is 544 g/mol. The van der Waals surface area contributed by atoms with Crippen LogP contribution in [0.3, 0.4) is 0 Å². The third-order valence-electron chi connectivity index (χ3n) is 5.51. The zero-order valence-corrected chi connectivity index (χ0v) is 21.6. The Bertz CT molecular complexity index is 1180. The van der Waals surface area contributed by atoms with Crippen LogP contribution < -0.4 is 5.32 Å². The first kappa shape index (κ1) is 26.3. The fourth-order valence-electron chi connectivity index (χ4n) is 3.59. The third kappa shape index (κ3) is 4.62. The predicted molar refractivity (Wildman–Crippen MR) is 131 cm³/mol. The number of carbonyl (C=O) groups is 4. The molecule has 1 aliphatic rings. The number of hydrogen-bond acceptors (Lipinski definition) is 5. The lowest BCUT2D eigenvalue weighted by Gasteiger charge is -2.27. The number of nitrogens with one attached hydrogen (secondary N) is 1. The number of ether oxygens (including phenoxy) is 1. The van der Waals surface area contributed by atoms with Gasteiger partial charge in [-0.05, 0) is 37.0 Å². The Morgan fingerprint density at radius 2 is 1.47 bits per heavy atom. The van der Waals surface area contributed by atoms with E-state index in [1.54, 1.807) is 26.0 Å². The molecule has 3 rings (SSSR count). The van der Waals surface area contributed by atoms with Gasteiger partial charge in [0.2, 0.25) is 0 Å². The molecule has 11 heteroatoms. The van der Waals surface area contributed by atoms with Gasteiger partial charge in [0, 0.05) is 5.69 Å². The van der Waals surface area contributed by atoms with Gasteiger partial charge >= 0.3 is 5.97 Å². The van der Waals surface area contributed by atoms with Gasteiger partial charge in [-0.2, -0.15) is 0 Å². The first-order chi connectivity index (χ1) is 15.9. The summed E-state index contributed by atoms with van der Waals surface area (Å²) < 4.78 is 5.17. The quantitative estimate of drug-likeness (QED) is 0.217. The number of halogens is 4. The van der Waals surface area contributed by atoms with Gasteiger partial charge < -0.3 is 10.1 Å². The molecule has 0 fully saturated rings. The van der Waals surface area contributed by atoms with Crippen molar-refractivity contribution in [3.63, 3.8) is 0 Å². The molecule has 1 N–H and O–H groups in total. The highest BCUT2D eigenvalue weighted by Gasteiger charge is 2.48. The largest absolute Gasteiger partial charge is 0.454 e. The van der Waals surface area contributed by atoms with Crippen LogP contribution in [0.5, 0.6) is 0 Å². The van der Waals surface area contributed by atoms with Gasteiger partial charge in [0.05, 0.1) is 31.2 Å². The van der Waals surface area contributed by atoms with Crippen molar-refractivity contribution in [3.05, 3.63) is 60.5 Å². The molecule has 1 heterocycles. The van der Waals surface area contributed by atoms with E-state index in [0.717, 1.165) is 11.1 Å². The molecule has 0 unspecified atom stereocenters. The van der Waals surface area contributed by atoms with E-state index < -0.39 is 42.3 Å². The number of rotatable bonds is 6. The molecule has 1 atom stereocenters. The Morgan fingerprint density at radius 1 is 0.941 bits per heavy atom. The number of hydrogen-bond donors (Lipinski definition) is 1. The molecule has 0 bridgehead atoms. The number of amides is 3. The Labute approximate surface area is 216 Å². The SMILES string of the molecule is Cc1cccc(NC(=O)COC(=O)[C@H](C(C)C)N2C(=O)c3c(Cl)c(Cl)c(Cl)c(Cl)c3C2=O)c1C. The molecule has 2 aromatic rings.